The highest BCUT2D eigenvalue weighted by atomic mass is 14.7. The van der Waals surface area contributed by atoms with Crippen LogP contribution in [-0.4, -0.2) is 4.98 Å². The first-order chi connectivity index (χ1) is 12.5. The summed E-state index contributed by atoms with van der Waals surface area (Å²) in [4.78, 5) is 4.90. The fourth-order valence-electron chi connectivity index (χ4n) is 3.73. The summed E-state index contributed by atoms with van der Waals surface area (Å²) in [5.41, 5.74) is 10.9. The number of rotatable bonds is 2. The summed E-state index contributed by atoms with van der Waals surface area (Å²) < 4.78 is 0. The Labute approximate surface area is 155 Å². The van der Waals surface area contributed by atoms with Crippen LogP contribution in [0.4, 0.5) is 0 Å². The van der Waals surface area contributed by atoms with Gasteiger partial charge in [-0.25, -0.2) is 4.98 Å². The van der Waals surface area contributed by atoms with Gasteiger partial charge in [0, 0.05) is 10.9 Å². The molecule has 0 bridgehead atoms. The third-order valence-corrected chi connectivity index (χ3v) is 4.76. The van der Waals surface area contributed by atoms with Crippen molar-refractivity contribution in [3.05, 3.63) is 89.0 Å². The molecule has 0 aliphatic rings. The van der Waals surface area contributed by atoms with Gasteiger partial charge in [-0.15, -0.1) is 0 Å². The van der Waals surface area contributed by atoms with Crippen LogP contribution in [0.25, 0.3) is 33.3 Å². The molecule has 0 fully saturated rings. The zero-order chi connectivity index (χ0) is 18.3. The number of fused-ring (bicyclic) bond motifs is 1. The molecule has 26 heavy (non-hydrogen) atoms. The number of benzene rings is 3. The molecule has 0 aliphatic heterocycles. The van der Waals surface area contributed by atoms with Crippen LogP contribution in [0.2, 0.25) is 0 Å². The SMILES string of the molecule is Cc1cc(C)cc(-c2ccc3nc(-c4cc(C)cc(C)c4)ccc3c2)c1. The molecule has 3 aromatic carbocycles. The minimum Gasteiger partial charge on any atom is -0.248 e. The Morgan fingerprint density at radius 2 is 1.08 bits per heavy atom. The molecule has 0 saturated heterocycles. The lowest BCUT2D eigenvalue weighted by Crippen LogP contribution is -1.89. The third kappa shape index (κ3) is 3.25. The Morgan fingerprint density at radius 1 is 0.500 bits per heavy atom. The Morgan fingerprint density at radius 3 is 1.69 bits per heavy atom. The van der Waals surface area contributed by atoms with Crippen molar-refractivity contribution in [1.29, 1.82) is 0 Å². The molecule has 0 aliphatic carbocycles. The summed E-state index contributed by atoms with van der Waals surface area (Å²) in [7, 11) is 0. The van der Waals surface area contributed by atoms with Crippen LogP contribution < -0.4 is 0 Å². The molecular weight excluding hydrogens is 314 g/mol. The van der Waals surface area contributed by atoms with Crippen molar-refractivity contribution in [3.63, 3.8) is 0 Å². The van der Waals surface area contributed by atoms with Crippen molar-refractivity contribution in [1.82, 2.24) is 4.98 Å². The smallest absolute Gasteiger partial charge is 0.0709 e. The van der Waals surface area contributed by atoms with E-state index in [1.165, 1.54) is 44.3 Å². The number of nitrogens with zero attached hydrogens (tertiary/aromatic N) is 1. The number of pyridine rings is 1. The van der Waals surface area contributed by atoms with Crippen molar-refractivity contribution < 1.29 is 0 Å². The first kappa shape index (κ1) is 16.5. The number of aryl methyl sites for hydroxylation is 4. The van der Waals surface area contributed by atoms with Gasteiger partial charge in [0.25, 0.3) is 0 Å². The molecule has 0 spiro atoms. The van der Waals surface area contributed by atoms with E-state index in [0.717, 1.165) is 11.2 Å². The van der Waals surface area contributed by atoms with Gasteiger partial charge in [0.1, 0.15) is 0 Å². The number of hydrogen-bond donors (Lipinski definition) is 0. The standard InChI is InChI=1S/C25H23N/c1-16-9-17(2)12-22(11-16)20-5-7-24-21(15-20)6-8-25(26-24)23-13-18(3)10-19(4)14-23/h5-15H,1-4H3. The molecule has 1 heteroatoms. The molecule has 0 radical (unpaired) electrons. The zero-order valence-corrected chi connectivity index (χ0v) is 15.8. The fraction of sp³-hybridized carbons (Fsp3) is 0.160. The van der Waals surface area contributed by atoms with Gasteiger partial charge in [0.2, 0.25) is 0 Å². The maximum absolute atomic E-state index is 4.90. The van der Waals surface area contributed by atoms with E-state index in [1.54, 1.807) is 0 Å². The van der Waals surface area contributed by atoms with Crippen LogP contribution in [0, 0.1) is 27.7 Å². The summed E-state index contributed by atoms with van der Waals surface area (Å²) in [5.74, 6) is 0. The molecule has 1 nitrogen and oxygen atoms in total. The van der Waals surface area contributed by atoms with Crippen molar-refractivity contribution >= 4 is 10.9 Å². The Kier molecular flexibility index (Phi) is 4.08. The normalized spacial score (nSPS) is 11.1. The highest BCUT2D eigenvalue weighted by Crippen LogP contribution is 2.28. The molecular formula is C25H23N. The summed E-state index contributed by atoms with van der Waals surface area (Å²) in [6, 6.07) is 24.1. The molecule has 0 N–H and O–H groups in total. The van der Waals surface area contributed by atoms with E-state index >= 15 is 0 Å². The first-order valence-electron chi connectivity index (χ1n) is 9.06. The van der Waals surface area contributed by atoms with Crippen LogP contribution in [0.3, 0.4) is 0 Å². The van der Waals surface area contributed by atoms with Gasteiger partial charge in [0.15, 0.2) is 0 Å². The van der Waals surface area contributed by atoms with E-state index in [2.05, 4.69) is 94.4 Å². The molecule has 0 unspecified atom stereocenters. The first-order valence-corrected chi connectivity index (χ1v) is 9.06. The van der Waals surface area contributed by atoms with E-state index in [1.807, 2.05) is 0 Å². The van der Waals surface area contributed by atoms with Crippen LogP contribution >= 0.6 is 0 Å². The van der Waals surface area contributed by atoms with Crippen LogP contribution in [0.15, 0.2) is 66.7 Å². The lowest BCUT2D eigenvalue weighted by Gasteiger charge is -2.09. The average molecular weight is 337 g/mol. The van der Waals surface area contributed by atoms with Gasteiger partial charge in [0.05, 0.1) is 11.2 Å². The predicted octanol–water partition coefficient (Wildman–Crippen LogP) is 6.80. The molecule has 0 amide bonds. The lowest BCUT2D eigenvalue weighted by atomic mass is 9.99. The summed E-state index contributed by atoms with van der Waals surface area (Å²) in [6.07, 6.45) is 0. The van der Waals surface area contributed by atoms with Crippen LogP contribution in [0.1, 0.15) is 22.3 Å². The maximum Gasteiger partial charge on any atom is 0.0709 e. The highest BCUT2D eigenvalue weighted by Gasteiger charge is 2.06. The largest absolute Gasteiger partial charge is 0.248 e. The van der Waals surface area contributed by atoms with Gasteiger partial charge < -0.3 is 0 Å². The van der Waals surface area contributed by atoms with Crippen molar-refractivity contribution in [2.75, 3.05) is 0 Å². The second-order valence-electron chi connectivity index (χ2n) is 7.36. The second kappa shape index (κ2) is 6.42. The van der Waals surface area contributed by atoms with Gasteiger partial charge >= 0.3 is 0 Å². The fourth-order valence-corrected chi connectivity index (χ4v) is 3.73. The van der Waals surface area contributed by atoms with Crippen molar-refractivity contribution in [2.45, 2.75) is 27.7 Å². The van der Waals surface area contributed by atoms with Gasteiger partial charge in [-0.05, 0) is 69.2 Å². The predicted molar refractivity (Wildman–Crippen MR) is 112 cm³/mol. The maximum atomic E-state index is 4.90. The van der Waals surface area contributed by atoms with Crippen LogP contribution in [-0.2, 0) is 0 Å². The molecule has 1 heterocycles. The topological polar surface area (TPSA) is 12.9 Å². The zero-order valence-electron chi connectivity index (χ0n) is 15.8. The number of hydrogen-bond acceptors (Lipinski definition) is 1. The molecule has 128 valence electrons. The Balaban J connectivity index is 1.79. The van der Waals surface area contributed by atoms with E-state index < -0.39 is 0 Å². The molecule has 1 aromatic heterocycles. The minimum absolute atomic E-state index is 1.03. The number of aromatic nitrogens is 1. The molecule has 0 saturated carbocycles. The summed E-state index contributed by atoms with van der Waals surface area (Å²) >= 11 is 0. The molecule has 0 atom stereocenters. The van der Waals surface area contributed by atoms with E-state index in [0.29, 0.717) is 0 Å². The van der Waals surface area contributed by atoms with Gasteiger partial charge in [-0.3, -0.25) is 0 Å². The third-order valence-electron chi connectivity index (χ3n) is 4.76. The van der Waals surface area contributed by atoms with Crippen molar-refractivity contribution in [3.8, 4) is 22.4 Å². The van der Waals surface area contributed by atoms with E-state index in [9.17, 15) is 0 Å². The summed E-state index contributed by atoms with van der Waals surface area (Å²) in [6.45, 7) is 8.56. The molecule has 4 aromatic rings. The monoisotopic (exact) mass is 337 g/mol. The average Bonchev–Trinajstić information content (AvgIpc) is 2.59. The summed E-state index contributed by atoms with van der Waals surface area (Å²) in [5, 5.41) is 1.18. The second-order valence-corrected chi connectivity index (χ2v) is 7.36. The Bertz CT molecular complexity index is 991. The quantitative estimate of drug-likeness (QED) is 0.392. The Hall–Kier alpha value is -2.93. The van der Waals surface area contributed by atoms with Crippen LogP contribution in [0.5, 0.6) is 0 Å². The van der Waals surface area contributed by atoms with E-state index in [-0.39, 0.29) is 0 Å². The van der Waals surface area contributed by atoms with E-state index in [4.69, 9.17) is 4.98 Å². The lowest BCUT2D eigenvalue weighted by molar-refractivity contribution is 1.34. The minimum atomic E-state index is 1.03. The van der Waals surface area contributed by atoms with Gasteiger partial charge in [-0.2, -0.15) is 0 Å². The molecule has 4 rings (SSSR count). The highest BCUT2D eigenvalue weighted by molar-refractivity contribution is 5.86. The van der Waals surface area contributed by atoms with Gasteiger partial charge in [-0.1, -0.05) is 58.7 Å². The van der Waals surface area contributed by atoms with Crippen molar-refractivity contribution in [2.24, 2.45) is 0 Å².